The Balaban J connectivity index is 2.29. The zero-order chi connectivity index (χ0) is 15.9. The molecule has 1 heterocycles. The van der Waals surface area contributed by atoms with Crippen LogP contribution in [0.4, 0.5) is 0 Å². The third-order valence-electron chi connectivity index (χ3n) is 3.41. The number of thiol groups is 1. The lowest BCUT2D eigenvalue weighted by molar-refractivity contribution is 0.451. The molecule has 3 N–H and O–H groups in total. The van der Waals surface area contributed by atoms with E-state index in [1.807, 2.05) is 25.1 Å². The van der Waals surface area contributed by atoms with E-state index < -0.39 is 0 Å². The van der Waals surface area contributed by atoms with Gasteiger partial charge in [0.15, 0.2) is 10.6 Å². The highest BCUT2D eigenvalue weighted by molar-refractivity contribution is 7.80. The van der Waals surface area contributed by atoms with Crippen molar-refractivity contribution in [3.8, 4) is 28.6 Å². The standard InChI is InChI=1S/C15H13N3O2S2/c1-8-11(3-2-4-13(8)21)18-14(16-17-15(18)22)10-6-5-9(19)7-12(10)20/h2-7,19-21H,1H3,(H,17,22). The van der Waals surface area contributed by atoms with Crippen LogP contribution in [0.1, 0.15) is 5.56 Å². The molecule has 1 aromatic heterocycles. The summed E-state index contributed by atoms with van der Waals surface area (Å²) in [5.74, 6) is 0.370. The Morgan fingerprint density at radius 1 is 1.23 bits per heavy atom. The third-order valence-corrected chi connectivity index (χ3v) is 4.17. The summed E-state index contributed by atoms with van der Waals surface area (Å²) < 4.78 is 2.14. The van der Waals surface area contributed by atoms with E-state index in [1.54, 1.807) is 10.6 Å². The summed E-state index contributed by atoms with van der Waals surface area (Å²) in [6.07, 6.45) is 0. The van der Waals surface area contributed by atoms with Gasteiger partial charge in [0.05, 0.1) is 11.3 Å². The largest absolute Gasteiger partial charge is 0.508 e. The SMILES string of the molecule is Cc1c(S)cccc1-n1c(-c2ccc(O)cc2O)n[nH]c1=S. The Labute approximate surface area is 137 Å². The van der Waals surface area contributed by atoms with Gasteiger partial charge in [-0.2, -0.15) is 5.10 Å². The van der Waals surface area contributed by atoms with Crippen molar-refractivity contribution >= 4 is 24.8 Å². The van der Waals surface area contributed by atoms with Crippen molar-refractivity contribution in [1.29, 1.82) is 0 Å². The molecule has 0 bridgehead atoms. The first-order valence-corrected chi connectivity index (χ1v) is 7.33. The average Bonchev–Trinajstić information content (AvgIpc) is 2.84. The van der Waals surface area contributed by atoms with Crippen molar-refractivity contribution in [2.24, 2.45) is 0 Å². The molecule has 5 nitrogen and oxygen atoms in total. The first-order chi connectivity index (χ1) is 10.5. The zero-order valence-electron chi connectivity index (χ0n) is 11.6. The summed E-state index contributed by atoms with van der Waals surface area (Å²) in [6, 6.07) is 10.0. The molecule has 0 saturated heterocycles. The van der Waals surface area contributed by atoms with Crippen LogP contribution in [0.15, 0.2) is 41.3 Å². The van der Waals surface area contributed by atoms with Crippen LogP contribution in [-0.4, -0.2) is 25.0 Å². The molecule has 0 fully saturated rings. The lowest BCUT2D eigenvalue weighted by atomic mass is 10.1. The molecule has 3 rings (SSSR count). The second kappa shape index (κ2) is 5.51. The van der Waals surface area contributed by atoms with Gasteiger partial charge in [0.25, 0.3) is 0 Å². The number of hydrogen-bond acceptors (Lipinski definition) is 5. The summed E-state index contributed by atoms with van der Waals surface area (Å²) in [5, 5.41) is 26.4. The van der Waals surface area contributed by atoms with Crippen LogP contribution < -0.4 is 0 Å². The number of aromatic hydroxyl groups is 2. The van der Waals surface area contributed by atoms with Crippen LogP contribution in [-0.2, 0) is 0 Å². The number of phenolic OH excluding ortho intramolecular Hbond substituents is 2. The number of H-pyrrole nitrogens is 1. The van der Waals surface area contributed by atoms with Crippen molar-refractivity contribution in [2.75, 3.05) is 0 Å². The predicted molar refractivity (Wildman–Crippen MR) is 89.5 cm³/mol. The van der Waals surface area contributed by atoms with E-state index in [0.717, 1.165) is 16.1 Å². The van der Waals surface area contributed by atoms with Gasteiger partial charge in [-0.1, -0.05) is 6.07 Å². The highest BCUT2D eigenvalue weighted by Crippen LogP contribution is 2.33. The van der Waals surface area contributed by atoms with Crippen LogP contribution in [0.5, 0.6) is 11.5 Å². The van der Waals surface area contributed by atoms with Crippen molar-refractivity contribution in [3.05, 3.63) is 46.7 Å². The molecule has 0 spiro atoms. The minimum Gasteiger partial charge on any atom is -0.508 e. The number of rotatable bonds is 2. The van der Waals surface area contributed by atoms with Gasteiger partial charge in [0, 0.05) is 11.0 Å². The lowest BCUT2D eigenvalue weighted by Crippen LogP contribution is -2.01. The van der Waals surface area contributed by atoms with Crippen LogP contribution in [0.2, 0.25) is 0 Å². The number of aromatic amines is 1. The lowest BCUT2D eigenvalue weighted by Gasteiger charge is -2.12. The normalized spacial score (nSPS) is 10.8. The molecule has 2 aromatic carbocycles. The molecule has 7 heteroatoms. The fraction of sp³-hybridized carbons (Fsp3) is 0.0667. The Morgan fingerprint density at radius 2 is 2.00 bits per heavy atom. The first-order valence-electron chi connectivity index (χ1n) is 6.48. The van der Waals surface area contributed by atoms with Crippen molar-refractivity contribution < 1.29 is 10.2 Å². The molecule has 0 unspecified atom stereocenters. The maximum absolute atomic E-state index is 10.1. The van der Waals surface area contributed by atoms with Crippen LogP contribution in [0.3, 0.4) is 0 Å². The van der Waals surface area contributed by atoms with Gasteiger partial charge in [0.1, 0.15) is 11.5 Å². The smallest absolute Gasteiger partial charge is 0.200 e. The number of nitrogens with zero attached hydrogens (tertiary/aromatic N) is 2. The molecular weight excluding hydrogens is 318 g/mol. The average molecular weight is 331 g/mol. The summed E-state index contributed by atoms with van der Waals surface area (Å²) >= 11 is 9.74. The predicted octanol–water partition coefficient (Wildman–Crippen LogP) is 3.61. The quantitative estimate of drug-likeness (QED) is 0.427. The van der Waals surface area contributed by atoms with Gasteiger partial charge in [-0.25, -0.2) is 0 Å². The first kappa shape index (κ1) is 14.7. The Bertz CT molecular complexity index is 915. The van der Waals surface area contributed by atoms with Gasteiger partial charge < -0.3 is 10.2 Å². The Kier molecular flexibility index (Phi) is 3.67. The number of aromatic nitrogens is 3. The van der Waals surface area contributed by atoms with Crippen molar-refractivity contribution in [1.82, 2.24) is 14.8 Å². The highest BCUT2D eigenvalue weighted by Gasteiger charge is 2.16. The van der Waals surface area contributed by atoms with E-state index in [1.165, 1.54) is 12.1 Å². The second-order valence-corrected chi connectivity index (χ2v) is 5.68. The molecule has 0 aliphatic rings. The molecule has 0 aliphatic carbocycles. The Hall–Kier alpha value is -2.25. The molecule has 0 atom stereocenters. The molecule has 112 valence electrons. The van der Waals surface area contributed by atoms with Gasteiger partial charge in [-0.15, -0.1) is 12.6 Å². The molecule has 0 amide bonds. The summed E-state index contributed by atoms with van der Waals surface area (Å²) in [6.45, 7) is 1.94. The minimum atomic E-state index is -0.0741. The molecule has 0 saturated carbocycles. The van der Waals surface area contributed by atoms with E-state index in [0.29, 0.717) is 16.2 Å². The molecule has 0 radical (unpaired) electrons. The molecule has 22 heavy (non-hydrogen) atoms. The molecule has 3 aromatic rings. The van der Waals surface area contributed by atoms with Gasteiger partial charge in [-0.3, -0.25) is 9.67 Å². The van der Waals surface area contributed by atoms with Crippen molar-refractivity contribution in [2.45, 2.75) is 11.8 Å². The topological polar surface area (TPSA) is 74.1 Å². The molecule has 0 aliphatic heterocycles. The summed E-state index contributed by atoms with van der Waals surface area (Å²) in [5.41, 5.74) is 2.24. The van der Waals surface area contributed by atoms with Crippen LogP contribution >= 0.6 is 24.8 Å². The van der Waals surface area contributed by atoms with Gasteiger partial charge >= 0.3 is 0 Å². The third kappa shape index (κ3) is 2.38. The minimum absolute atomic E-state index is 0.0181. The fourth-order valence-electron chi connectivity index (χ4n) is 2.26. The van der Waals surface area contributed by atoms with Crippen LogP contribution in [0.25, 0.3) is 17.1 Å². The fourth-order valence-corrected chi connectivity index (χ4v) is 2.70. The van der Waals surface area contributed by atoms with Crippen LogP contribution in [0, 0.1) is 11.7 Å². The zero-order valence-corrected chi connectivity index (χ0v) is 13.3. The van der Waals surface area contributed by atoms with Crippen molar-refractivity contribution in [3.63, 3.8) is 0 Å². The van der Waals surface area contributed by atoms with Gasteiger partial charge in [0.2, 0.25) is 0 Å². The van der Waals surface area contributed by atoms with Gasteiger partial charge in [-0.05, 0) is 49.0 Å². The van der Waals surface area contributed by atoms with E-state index >= 15 is 0 Å². The van der Waals surface area contributed by atoms with E-state index in [9.17, 15) is 10.2 Å². The molecular formula is C15H13N3O2S2. The highest BCUT2D eigenvalue weighted by atomic mass is 32.1. The Morgan fingerprint density at radius 3 is 2.73 bits per heavy atom. The van der Waals surface area contributed by atoms with E-state index in [2.05, 4.69) is 22.8 Å². The van der Waals surface area contributed by atoms with E-state index in [4.69, 9.17) is 12.2 Å². The number of hydrogen-bond donors (Lipinski definition) is 4. The number of nitrogens with one attached hydrogen (secondary N) is 1. The van der Waals surface area contributed by atoms with E-state index in [-0.39, 0.29) is 11.5 Å². The summed E-state index contributed by atoms with van der Waals surface area (Å²) in [7, 11) is 0. The maximum atomic E-state index is 10.1. The summed E-state index contributed by atoms with van der Waals surface area (Å²) in [4.78, 5) is 0.835. The second-order valence-electron chi connectivity index (χ2n) is 4.81. The monoisotopic (exact) mass is 331 g/mol. The maximum Gasteiger partial charge on any atom is 0.200 e. The number of phenols is 2. The number of benzene rings is 2.